The molecule has 2 aliphatic rings. The Bertz CT molecular complexity index is 1080. The van der Waals surface area contributed by atoms with Crippen LogP contribution in [0.3, 0.4) is 0 Å². The average Bonchev–Trinajstić information content (AvgIpc) is 3.07. The van der Waals surface area contributed by atoms with E-state index in [-0.39, 0.29) is 6.79 Å². The lowest BCUT2D eigenvalue weighted by atomic mass is 10.1. The van der Waals surface area contributed by atoms with Gasteiger partial charge in [0.1, 0.15) is 0 Å². The molecule has 27 heavy (non-hydrogen) atoms. The summed E-state index contributed by atoms with van der Waals surface area (Å²) in [4.78, 5) is 7.23. The smallest absolute Gasteiger partial charge is 0.231 e. The Labute approximate surface area is 162 Å². The SMILES string of the molecule is Cc1ccc(C2=Nc3ccccc3SC(c3ccc4c(c3)OCO4)=C2)cc1. The van der Waals surface area contributed by atoms with Gasteiger partial charge in [-0.25, -0.2) is 4.99 Å². The molecule has 2 heterocycles. The van der Waals surface area contributed by atoms with E-state index in [1.807, 2.05) is 18.2 Å². The molecule has 0 amide bonds. The largest absolute Gasteiger partial charge is 0.454 e. The van der Waals surface area contributed by atoms with E-state index in [9.17, 15) is 0 Å². The lowest BCUT2D eigenvalue weighted by molar-refractivity contribution is 0.174. The first-order valence-corrected chi connectivity index (χ1v) is 9.62. The van der Waals surface area contributed by atoms with Gasteiger partial charge in [-0.3, -0.25) is 0 Å². The quantitative estimate of drug-likeness (QED) is 0.554. The molecule has 0 aliphatic carbocycles. The molecule has 5 rings (SSSR count). The minimum atomic E-state index is 0.282. The van der Waals surface area contributed by atoms with E-state index in [1.54, 1.807) is 11.8 Å². The molecule has 0 unspecified atom stereocenters. The topological polar surface area (TPSA) is 30.8 Å². The number of fused-ring (bicyclic) bond motifs is 2. The minimum absolute atomic E-state index is 0.282. The van der Waals surface area contributed by atoms with Gasteiger partial charge in [0, 0.05) is 15.4 Å². The lowest BCUT2D eigenvalue weighted by Crippen LogP contribution is -1.97. The molecule has 0 radical (unpaired) electrons. The summed E-state index contributed by atoms with van der Waals surface area (Å²) in [5, 5.41) is 0. The molecule has 0 N–H and O–H groups in total. The van der Waals surface area contributed by atoms with Crippen LogP contribution in [-0.2, 0) is 0 Å². The second-order valence-corrected chi connectivity index (χ2v) is 7.59. The summed E-state index contributed by atoms with van der Waals surface area (Å²) in [6.07, 6.45) is 2.16. The molecule has 132 valence electrons. The highest BCUT2D eigenvalue weighted by molar-refractivity contribution is 8.08. The molecule has 0 saturated heterocycles. The first kappa shape index (κ1) is 16.2. The van der Waals surface area contributed by atoms with Gasteiger partial charge in [0.05, 0.1) is 11.4 Å². The summed E-state index contributed by atoms with van der Waals surface area (Å²) in [7, 11) is 0. The van der Waals surface area contributed by atoms with Crippen LogP contribution in [0.5, 0.6) is 11.5 Å². The number of para-hydroxylation sites is 1. The van der Waals surface area contributed by atoms with Gasteiger partial charge in [0.2, 0.25) is 6.79 Å². The maximum Gasteiger partial charge on any atom is 0.231 e. The Morgan fingerprint density at radius 2 is 1.63 bits per heavy atom. The van der Waals surface area contributed by atoms with Crippen LogP contribution in [0.15, 0.2) is 82.7 Å². The Balaban J connectivity index is 1.64. The average molecular weight is 371 g/mol. The number of rotatable bonds is 2. The fraction of sp³-hybridized carbons (Fsp3) is 0.0870. The van der Waals surface area contributed by atoms with Crippen molar-refractivity contribution in [1.29, 1.82) is 0 Å². The number of thioether (sulfide) groups is 1. The van der Waals surface area contributed by atoms with Gasteiger partial charge >= 0.3 is 0 Å². The Morgan fingerprint density at radius 1 is 0.852 bits per heavy atom. The number of hydrogen-bond acceptors (Lipinski definition) is 4. The van der Waals surface area contributed by atoms with E-state index < -0.39 is 0 Å². The van der Waals surface area contributed by atoms with Crippen LogP contribution in [0.25, 0.3) is 4.91 Å². The summed E-state index contributed by atoms with van der Waals surface area (Å²) in [6.45, 7) is 2.38. The van der Waals surface area contributed by atoms with Crippen molar-refractivity contribution in [2.45, 2.75) is 11.8 Å². The van der Waals surface area contributed by atoms with Crippen molar-refractivity contribution in [1.82, 2.24) is 0 Å². The highest BCUT2D eigenvalue weighted by atomic mass is 32.2. The molecule has 0 spiro atoms. The molecule has 0 saturated carbocycles. The predicted molar refractivity (Wildman–Crippen MR) is 110 cm³/mol. The zero-order valence-corrected chi connectivity index (χ0v) is 15.6. The van der Waals surface area contributed by atoms with Crippen LogP contribution < -0.4 is 9.47 Å². The second kappa shape index (κ2) is 6.63. The van der Waals surface area contributed by atoms with Gasteiger partial charge in [0.15, 0.2) is 11.5 Å². The van der Waals surface area contributed by atoms with Crippen LogP contribution in [0.4, 0.5) is 5.69 Å². The van der Waals surface area contributed by atoms with E-state index in [0.717, 1.165) is 43.8 Å². The van der Waals surface area contributed by atoms with Crippen molar-refractivity contribution >= 4 is 28.1 Å². The van der Waals surface area contributed by atoms with Crippen molar-refractivity contribution in [3.05, 3.63) is 89.5 Å². The highest BCUT2D eigenvalue weighted by Gasteiger charge is 2.18. The number of aliphatic imine (C=N–C) groups is 1. The van der Waals surface area contributed by atoms with Crippen LogP contribution in [-0.4, -0.2) is 12.5 Å². The third kappa shape index (κ3) is 3.13. The standard InChI is InChI=1S/C23H17NO2S/c1-15-6-8-16(9-7-15)19-13-23(27-22-5-3-2-4-18(22)24-19)17-10-11-20-21(12-17)26-14-25-20/h2-13H,14H2,1H3. The van der Waals surface area contributed by atoms with Gasteiger partial charge in [-0.05, 0) is 48.9 Å². The van der Waals surface area contributed by atoms with Crippen LogP contribution in [0.1, 0.15) is 16.7 Å². The molecule has 3 aromatic carbocycles. The van der Waals surface area contributed by atoms with Crippen molar-refractivity contribution in [3.63, 3.8) is 0 Å². The predicted octanol–water partition coefficient (Wildman–Crippen LogP) is 5.99. The van der Waals surface area contributed by atoms with Crippen LogP contribution >= 0.6 is 11.8 Å². The summed E-state index contributed by atoms with van der Waals surface area (Å²) in [5.74, 6) is 1.59. The second-order valence-electron chi connectivity index (χ2n) is 6.51. The first-order valence-electron chi connectivity index (χ1n) is 8.81. The van der Waals surface area contributed by atoms with Crippen molar-refractivity contribution in [2.75, 3.05) is 6.79 Å². The van der Waals surface area contributed by atoms with Gasteiger partial charge in [-0.1, -0.05) is 53.7 Å². The number of ether oxygens (including phenoxy) is 2. The summed E-state index contributed by atoms with van der Waals surface area (Å²) >= 11 is 1.73. The van der Waals surface area contributed by atoms with Crippen LogP contribution in [0, 0.1) is 6.92 Å². The normalized spacial score (nSPS) is 14.9. The fourth-order valence-electron chi connectivity index (χ4n) is 3.13. The van der Waals surface area contributed by atoms with E-state index in [1.165, 1.54) is 5.56 Å². The molecule has 3 nitrogen and oxygen atoms in total. The van der Waals surface area contributed by atoms with E-state index in [0.29, 0.717) is 0 Å². The maximum atomic E-state index is 5.57. The van der Waals surface area contributed by atoms with Gasteiger partial charge in [-0.2, -0.15) is 0 Å². The third-order valence-electron chi connectivity index (χ3n) is 4.60. The van der Waals surface area contributed by atoms with E-state index >= 15 is 0 Å². The summed E-state index contributed by atoms with van der Waals surface area (Å²) in [5.41, 5.74) is 5.39. The molecule has 3 aromatic rings. The van der Waals surface area contributed by atoms with Gasteiger partial charge in [0.25, 0.3) is 0 Å². The van der Waals surface area contributed by atoms with E-state index in [2.05, 4.69) is 61.5 Å². The first-order chi connectivity index (χ1) is 13.3. The van der Waals surface area contributed by atoms with E-state index in [4.69, 9.17) is 14.5 Å². The number of hydrogen-bond donors (Lipinski definition) is 0. The number of allylic oxidation sites excluding steroid dienone is 1. The zero-order valence-electron chi connectivity index (χ0n) is 14.8. The Kier molecular flexibility index (Phi) is 3.98. The molecule has 0 aromatic heterocycles. The monoisotopic (exact) mass is 371 g/mol. The fourth-order valence-corrected chi connectivity index (χ4v) is 4.15. The zero-order chi connectivity index (χ0) is 18.2. The minimum Gasteiger partial charge on any atom is -0.454 e. The maximum absolute atomic E-state index is 5.57. The van der Waals surface area contributed by atoms with Crippen molar-refractivity contribution < 1.29 is 9.47 Å². The molecule has 0 fully saturated rings. The molecule has 0 bridgehead atoms. The highest BCUT2D eigenvalue weighted by Crippen LogP contribution is 2.44. The summed E-state index contributed by atoms with van der Waals surface area (Å²) in [6, 6.07) is 22.8. The summed E-state index contributed by atoms with van der Waals surface area (Å²) < 4.78 is 11.0. The molecular weight excluding hydrogens is 354 g/mol. The third-order valence-corrected chi connectivity index (χ3v) is 5.74. The van der Waals surface area contributed by atoms with Crippen molar-refractivity contribution in [2.24, 2.45) is 4.99 Å². The molecule has 2 aliphatic heterocycles. The van der Waals surface area contributed by atoms with Crippen LogP contribution in [0.2, 0.25) is 0 Å². The number of aryl methyl sites for hydroxylation is 1. The Morgan fingerprint density at radius 3 is 2.52 bits per heavy atom. The van der Waals surface area contributed by atoms with Gasteiger partial charge in [-0.15, -0.1) is 0 Å². The van der Waals surface area contributed by atoms with Gasteiger partial charge < -0.3 is 9.47 Å². The molecule has 4 heteroatoms. The number of benzene rings is 3. The Hall–Kier alpha value is -2.98. The lowest BCUT2D eigenvalue weighted by Gasteiger charge is -2.08. The van der Waals surface area contributed by atoms with Crippen molar-refractivity contribution in [3.8, 4) is 11.5 Å². The molecule has 0 atom stereocenters. The number of nitrogens with zero attached hydrogens (tertiary/aromatic N) is 1. The molecular formula is C23H17NO2S.